The molecule has 164 valence electrons. The number of nitrogens with zero attached hydrogens (tertiary/aromatic N) is 3. The van der Waals surface area contributed by atoms with Crippen molar-refractivity contribution < 1.29 is 26.1 Å². The molecule has 0 amide bonds. The van der Waals surface area contributed by atoms with Gasteiger partial charge in [-0.1, -0.05) is 16.8 Å². The van der Waals surface area contributed by atoms with E-state index in [0.29, 0.717) is 35.1 Å². The number of benzene rings is 2. The van der Waals surface area contributed by atoms with Gasteiger partial charge in [0.2, 0.25) is 21.7 Å². The maximum Gasteiger partial charge on any atom is 0.416 e. The fraction of sp³-hybridized carbons (Fsp3) is 0.300. The summed E-state index contributed by atoms with van der Waals surface area (Å²) < 4.78 is 70.8. The first-order valence-electron chi connectivity index (χ1n) is 9.41. The van der Waals surface area contributed by atoms with Crippen LogP contribution < -0.4 is 0 Å². The summed E-state index contributed by atoms with van der Waals surface area (Å²) in [6.07, 6.45) is -3.32. The van der Waals surface area contributed by atoms with Crippen LogP contribution in [0, 0.1) is 0 Å². The third kappa shape index (κ3) is 4.60. The van der Waals surface area contributed by atoms with Gasteiger partial charge < -0.3 is 4.52 Å². The van der Waals surface area contributed by atoms with Crippen molar-refractivity contribution in [3.05, 3.63) is 65.0 Å². The molecule has 0 N–H and O–H groups in total. The molecule has 1 aliphatic heterocycles. The summed E-state index contributed by atoms with van der Waals surface area (Å²) in [6, 6.07) is 10.4. The van der Waals surface area contributed by atoms with Gasteiger partial charge in [-0.25, -0.2) is 8.42 Å². The van der Waals surface area contributed by atoms with Crippen molar-refractivity contribution >= 4 is 21.6 Å². The Balaban J connectivity index is 1.52. The fourth-order valence-corrected chi connectivity index (χ4v) is 5.09. The van der Waals surface area contributed by atoms with Gasteiger partial charge in [-0.3, -0.25) is 0 Å². The van der Waals surface area contributed by atoms with Crippen LogP contribution >= 0.6 is 11.6 Å². The summed E-state index contributed by atoms with van der Waals surface area (Å²) in [7, 11) is -3.95. The van der Waals surface area contributed by atoms with E-state index in [1.165, 1.54) is 4.31 Å². The predicted molar refractivity (Wildman–Crippen MR) is 107 cm³/mol. The monoisotopic (exact) mass is 471 g/mol. The molecule has 31 heavy (non-hydrogen) atoms. The summed E-state index contributed by atoms with van der Waals surface area (Å²) in [5.41, 5.74) is -0.187. The van der Waals surface area contributed by atoms with E-state index in [-0.39, 0.29) is 23.9 Å². The number of piperidine rings is 1. The molecule has 0 bridgehead atoms. The molecule has 1 aromatic heterocycles. The maximum absolute atomic E-state index is 12.9. The van der Waals surface area contributed by atoms with Gasteiger partial charge in [0.05, 0.1) is 16.4 Å². The van der Waals surface area contributed by atoms with E-state index in [9.17, 15) is 21.6 Å². The number of halogens is 4. The molecule has 2 aromatic carbocycles. The Labute approximate surface area is 181 Å². The van der Waals surface area contributed by atoms with Gasteiger partial charge in [-0.2, -0.15) is 22.5 Å². The Bertz CT molecular complexity index is 1160. The van der Waals surface area contributed by atoms with Gasteiger partial charge in [0, 0.05) is 23.7 Å². The molecule has 6 nitrogen and oxygen atoms in total. The Kier molecular flexibility index (Phi) is 5.80. The smallest absolute Gasteiger partial charge is 0.339 e. The first-order chi connectivity index (χ1) is 14.6. The molecule has 0 aliphatic carbocycles. The normalized spacial score (nSPS) is 18.3. The van der Waals surface area contributed by atoms with Crippen LogP contribution in [-0.2, 0) is 16.2 Å². The van der Waals surface area contributed by atoms with Crippen LogP contribution in [0.25, 0.3) is 11.4 Å². The highest BCUT2D eigenvalue weighted by Crippen LogP contribution is 2.33. The molecule has 0 saturated carbocycles. The van der Waals surface area contributed by atoms with Crippen molar-refractivity contribution in [1.82, 2.24) is 14.4 Å². The number of rotatable bonds is 4. The lowest BCUT2D eigenvalue weighted by Crippen LogP contribution is -2.39. The third-order valence-corrected chi connectivity index (χ3v) is 7.23. The Morgan fingerprint density at radius 3 is 2.39 bits per heavy atom. The van der Waals surface area contributed by atoms with Gasteiger partial charge >= 0.3 is 6.18 Å². The molecule has 1 atom stereocenters. The molecule has 0 radical (unpaired) electrons. The number of sulfonamides is 1. The van der Waals surface area contributed by atoms with Crippen LogP contribution in [-0.4, -0.2) is 36.0 Å². The van der Waals surface area contributed by atoms with Crippen molar-refractivity contribution in [2.45, 2.75) is 29.8 Å². The summed E-state index contributed by atoms with van der Waals surface area (Å²) in [5, 5.41) is 4.54. The second-order valence-electron chi connectivity index (χ2n) is 7.19. The molecule has 2 heterocycles. The highest BCUT2D eigenvalue weighted by atomic mass is 35.5. The molecular weight excluding hydrogens is 455 g/mol. The zero-order chi connectivity index (χ0) is 22.2. The largest absolute Gasteiger partial charge is 0.416 e. The standard InChI is InChI=1S/C20H17ClF3N3O3S/c21-16-7-3-13(4-8-16)18-25-19(30-26-18)14-2-1-11-27(12-14)31(28,29)17-9-5-15(6-10-17)20(22,23)24/h3-10,14H,1-2,11-12H2. The van der Waals surface area contributed by atoms with Crippen LogP contribution in [0.3, 0.4) is 0 Å². The zero-order valence-corrected chi connectivity index (χ0v) is 17.6. The topological polar surface area (TPSA) is 76.3 Å². The minimum absolute atomic E-state index is 0.103. The van der Waals surface area contributed by atoms with Crippen LogP contribution in [0.15, 0.2) is 57.9 Å². The van der Waals surface area contributed by atoms with E-state index >= 15 is 0 Å². The maximum atomic E-state index is 12.9. The third-order valence-electron chi connectivity index (χ3n) is 5.10. The van der Waals surface area contributed by atoms with Crippen molar-refractivity contribution in [2.24, 2.45) is 0 Å². The van der Waals surface area contributed by atoms with E-state index in [1.807, 2.05) is 0 Å². The van der Waals surface area contributed by atoms with Crippen molar-refractivity contribution in [3.8, 4) is 11.4 Å². The molecule has 0 spiro atoms. The minimum Gasteiger partial charge on any atom is -0.339 e. The lowest BCUT2D eigenvalue weighted by molar-refractivity contribution is -0.137. The molecule has 1 fully saturated rings. The van der Waals surface area contributed by atoms with Gasteiger partial charge in [-0.15, -0.1) is 0 Å². The van der Waals surface area contributed by atoms with E-state index in [1.54, 1.807) is 24.3 Å². The van der Waals surface area contributed by atoms with Crippen LogP contribution in [0.2, 0.25) is 5.02 Å². The minimum atomic E-state index is -4.53. The van der Waals surface area contributed by atoms with E-state index in [0.717, 1.165) is 24.3 Å². The lowest BCUT2D eigenvalue weighted by atomic mass is 10.00. The van der Waals surface area contributed by atoms with Gasteiger partial charge in [0.15, 0.2) is 0 Å². The van der Waals surface area contributed by atoms with Gasteiger partial charge in [0.25, 0.3) is 0 Å². The summed E-state index contributed by atoms with van der Waals surface area (Å²) >= 11 is 5.88. The lowest BCUT2D eigenvalue weighted by Gasteiger charge is -2.30. The van der Waals surface area contributed by atoms with Gasteiger partial charge in [0.1, 0.15) is 0 Å². The van der Waals surface area contributed by atoms with E-state index in [2.05, 4.69) is 10.1 Å². The van der Waals surface area contributed by atoms with Crippen LogP contribution in [0.1, 0.15) is 30.2 Å². The number of alkyl halides is 3. The Hall–Kier alpha value is -2.43. The summed E-state index contributed by atoms with van der Waals surface area (Å²) in [6.45, 7) is 0.365. The Morgan fingerprint density at radius 1 is 1.06 bits per heavy atom. The second-order valence-corrected chi connectivity index (χ2v) is 9.56. The first-order valence-corrected chi connectivity index (χ1v) is 11.2. The highest BCUT2D eigenvalue weighted by Gasteiger charge is 2.35. The van der Waals surface area contributed by atoms with Gasteiger partial charge in [-0.05, 0) is 61.4 Å². The summed E-state index contributed by atoms with van der Waals surface area (Å²) in [4.78, 5) is 4.21. The number of hydrogen-bond donors (Lipinski definition) is 0. The average molecular weight is 472 g/mol. The predicted octanol–water partition coefficient (Wildman–Crippen LogP) is 4.98. The fourth-order valence-electron chi connectivity index (χ4n) is 3.44. The van der Waals surface area contributed by atoms with E-state index in [4.69, 9.17) is 16.1 Å². The number of hydrogen-bond acceptors (Lipinski definition) is 5. The molecule has 4 rings (SSSR count). The van der Waals surface area contributed by atoms with Crippen LogP contribution in [0.4, 0.5) is 13.2 Å². The van der Waals surface area contributed by atoms with Crippen molar-refractivity contribution in [1.29, 1.82) is 0 Å². The first kappa shape index (κ1) is 21.8. The SMILES string of the molecule is O=S(=O)(c1ccc(C(F)(F)F)cc1)N1CCCC(c2nc(-c3ccc(Cl)cc3)no2)C1. The second kappa shape index (κ2) is 8.25. The van der Waals surface area contributed by atoms with Crippen molar-refractivity contribution in [2.75, 3.05) is 13.1 Å². The highest BCUT2D eigenvalue weighted by molar-refractivity contribution is 7.89. The van der Waals surface area contributed by atoms with E-state index < -0.39 is 21.8 Å². The number of aromatic nitrogens is 2. The summed E-state index contributed by atoms with van der Waals surface area (Å²) in [5.74, 6) is 0.373. The molecule has 1 aliphatic rings. The quantitative estimate of drug-likeness (QED) is 0.536. The average Bonchev–Trinajstić information content (AvgIpc) is 3.24. The van der Waals surface area contributed by atoms with Crippen LogP contribution in [0.5, 0.6) is 0 Å². The molecular formula is C20H17ClF3N3O3S. The Morgan fingerprint density at radius 2 is 1.74 bits per heavy atom. The molecule has 3 aromatic rings. The zero-order valence-electron chi connectivity index (χ0n) is 16.0. The van der Waals surface area contributed by atoms with Crippen molar-refractivity contribution in [3.63, 3.8) is 0 Å². The molecule has 11 heteroatoms. The molecule has 1 unspecified atom stereocenters. The molecule has 1 saturated heterocycles.